The summed E-state index contributed by atoms with van der Waals surface area (Å²) < 4.78 is 11.4. The summed E-state index contributed by atoms with van der Waals surface area (Å²) in [4.78, 5) is 24.9. The second kappa shape index (κ2) is 9.80. The maximum atomic E-state index is 12.7. The number of nitrogens with one attached hydrogen (secondary N) is 2. The van der Waals surface area contributed by atoms with E-state index in [-0.39, 0.29) is 11.9 Å². The van der Waals surface area contributed by atoms with Crippen molar-refractivity contribution < 1.29 is 19.1 Å². The first kappa shape index (κ1) is 22.0. The number of benzene rings is 2. The zero-order chi connectivity index (χ0) is 20.8. The quantitative estimate of drug-likeness (QED) is 0.605. The van der Waals surface area contributed by atoms with Crippen molar-refractivity contribution in [1.29, 1.82) is 0 Å². The molecule has 6 nitrogen and oxygen atoms in total. The standard InChI is InChI=1S/C20H22BrClN2O4/c1-5-28-18-14(21)8-13(10-17(18)27-4)20(26)24-16-9-12(6-7-15(16)22)19(25)23-11(2)3/h6-11H,5H2,1-4H3,(H,23,25)(H,24,26). The van der Waals surface area contributed by atoms with Gasteiger partial charge in [0.1, 0.15) is 0 Å². The highest BCUT2D eigenvalue weighted by Crippen LogP contribution is 2.37. The Kier molecular flexibility index (Phi) is 7.71. The van der Waals surface area contributed by atoms with Crippen LogP contribution in [0.4, 0.5) is 5.69 Å². The lowest BCUT2D eigenvalue weighted by Gasteiger charge is -2.14. The summed E-state index contributed by atoms with van der Waals surface area (Å²) in [7, 11) is 1.50. The molecule has 2 amide bonds. The van der Waals surface area contributed by atoms with E-state index in [0.717, 1.165) is 0 Å². The summed E-state index contributed by atoms with van der Waals surface area (Å²) in [5, 5.41) is 5.86. The van der Waals surface area contributed by atoms with Gasteiger partial charge in [0.05, 0.1) is 28.9 Å². The largest absolute Gasteiger partial charge is 0.493 e. The number of halogens is 2. The number of rotatable bonds is 7. The van der Waals surface area contributed by atoms with Crippen molar-refractivity contribution in [2.24, 2.45) is 0 Å². The van der Waals surface area contributed by atoms with E-state index in [1.807, 2.05) is 20.8 Å². The maximum Gasteiger partial charge on any atom is 0.255 e. The summed E-state index contributed by atoms with van der Waals surface area (Å²) in [5.41, 5.74) is 1.09. The van der Waals surface area contributed by atoms with Gasteiger partial charge in [-0.2, -0.15) is 0 Å². The minimum absolute atomic E-state index is 0.00473. The molecular formula is C20H22BrClN2O4. The summed E-state index contributed by atoms with van der Waals surface area (Å²) in [6.45, 7) is 6.06. The minimum atomic E-state index is -0.398. The van der Waals surface area contributed by atoms with E-state index >= 15 is 0 Å². The zero-order valence-electron chi connectivity index (χ0n) is 16.1. The van der Waals surface area contributed by atoms with Crippen molar-refractivity contribution in [3.63, 3.8) is 0 Å². The summed E-state index contributed by atoms with van der Waals surface area (Å²) in [6, 6.07) is 7.92. The summed E-state index contributed by atoms with van der Waals surface area (Å²) in [6.07, 6.45) is 0. The lowest BCUT2D eigenvalue weighted by Crippen LogP contribution is -2.30. The number of methoxy groups -OCH3 is 1. The van der Waals surface area contributed by atoms with Gasteiger partial charge >= 0.3 is 0 Å². The summed E-state index contributed by atoms with van der Waals surface area (Å²) >= 11 is 9.59. The maximum absolute atomic E-state index is 12.7. The number of ether oxygens (including phenoxy) is 2. The molecule has 0 saturated heterocycles. The first-order chi connectivity index (χ1) is 13.3. The number of carbonyl (C=O) groups is 2. The van der Waals surface area contributed by atoms with E-state index < -0.39 is 5.91 Å². The molecule has 0 aliphatic carbocycles. The molecule has 0 unspecified atom stereocenters. The number of carbonyl (C=O) groups excluding carboxylic acids is 2. The fourth-order valence-electron chi connectivity index (χ4n) is 2.44. The van der Waals surface area contributed by atoms with Crippen LogP contribution in [0, 0.1) is 0 Å². The minimum Gasteiger partial charge on any atom is -0.493 e. The Hall–Kier alpha value is -2.25. The second-order valence-corrected chi connectivity index (χ2v) is 7.46. The topological polar surface area (TPSA) is 76.7 Å². The van der Waals surface area contributed by atoms with Crippen molar-refractivity contribution in [3.05, 3.63) is 51.0 Å². The summed E-state index contributed by atoms with van der Waals surface area (Å²) in [5.74, 6) is 0.308. The Bertz CT molecular complexity index is 887. The van der Waals surface area contributed by atoms with Gasteiger partial charge in [0, 0.05) is 17.2 Å². The average Bonchev–Trinajstić information content (AvgIpc) is 2.64. The van der Waals surface area contributed by atoms with Crippen LogP contribution in [0.25, 0.3) is 0 Å². The van der Waals surface area contributed by atoms with Gasteiger partial charge in [0.15, 0.2) is 11.5 Å². The lowest BCUT2D eigenvalue weighted by molar-refractivity contribution is 0.0941. The van der Waals surface area contributed by atoms with Gasteiger partial charge in [-0.05, 0) is 67.0 Å². The molecule has 0 bridgehead atoms. The zero-order valence-corrected chi connectivity index (χ0v) is 18.4. The van der Waals surface area contributed by atoms with Crippen LogP contribution in [0.2, 0.25) is 5.02 Å². The van der Waals surface area contributed by atoms with Crippen LogP contribution in [-0.2, 0) is 0 Å². The van der Waals surface area contributed by atoms with Crippen LogP contribution in [0.15, 0.2) is 34.8 Å². The number of anilines is 1. The first-order valence-electron chi connectivity index (χ1n) is 8.68. The molecule has 150 valence electrons. The molecule has 0 saturated carbocycles. The van der Waals surface area contributed by atoms with Crippen molar-refractivity contribution in [1.82, 2.24) is 5.32 Å². The molecule has 2 N–H and O–H groups in total. The third-order valence-electron chi connectivity index (χ3n) is 3.68. The predicted octanol–water partition coefficient (Wildman–Crippen LogP) is 4.90. The molecule has 8 heteroatoms. The van der Waals surface area contributed by atoms with Crippen molar-refractivity contribution in [3.8, 4) is 11.5 Å². The lowest BCUT2D eigenvalue weighted by atomic mass is 10.1. The molecule has 28 heavy (non-hydrogen) atoms. The highest BCUT2D eigenvalue weighted by atomic mass is 79.9. The van der Waals surface area contributed by atoms with Crippen LogP contribution in [0.3, 0.4) is 0 Å². The van der Waals surface area contributed by atoms with Gasteiger partial charge in [-0.1, -0.05) is 11.6 Å². The van der Waals surface area contributed by atoms with E-state index in [9.17, 15) is 9.59 Å². The molecule has 0 radical (unpaired) electrons. The predicted molar refractivity (Wildman–Crippen MR) is 114 cm³/mol. The molecule has 2 rings (SSSR count). The normalized spacial score (nSPS) is 10.5. The fraction of sp³-hybridized carbons (Fsp3) is 0.300. The Morgan fingerprint density at radius 3 is 2.46 bits per heavy atom. The van der Waals surface area contributed by atoms with Gasteiger partial charge in [-0.25, -0.2) is 0 Å². The van der Waals surface area contributed by atoms with Crippen molar-refractivity contribution in [2.45, 2.75) is 26.8 Å². The van der Waals surface area contributed by atoms with Gasteiger partial charge in [-0.3, -0.25) is 9.59 Å². The third-order valence-corrected chi connectivity index (χ3v) is 4.60. The molecule has 0 spiro atoms. The van der Waals surface area contributed by atoms with Gasteiger partial charge in [0.2, 0.25) is 0 Å². The first-order valence-corrected chi connectivity index (χ1v) is 9.86. The van der Waals surface area contributed by atoms with Crippen LogP contribution < -0.4 is 20.1 Å². The van der Waals surface area contributed by atoms with Crippen LogP contribution in [0.1, 0.15) is 41.5 Å². The smallest absolute Gasteiger partial charge is 0.255 e. The Balaban J connectivity index is 2.30. The highest BCUT2D eigenvalue weighted by Gasteiger charge is 2.17. The van der Waals surface area contributed by atoms with E-state index in [1.165, 1.54) is 7.11 Å². The van der Waals surface area contributed by atoms with Gasteiger partial charge < -0.3 is 20.1 Å². The third kappa shape index (κ3) is 5.39. The number of hydrogen-bond acceptors (Lipinski definition) is 4. The van der Waals surface area contributed by atoms with Gasteiger partial charge in [0.25, 0.3) is 11.8 Å². The molecule has 0 atom stereocenters. The van der Waals surface area contributed by atoms with Crippen LogP contribution in [0.5, 0.6) is 11.5 Å². The molecule has 0 fully saturated rings. The number of amides is 2. The molecule has 0 aromatic heterocycles. The Morgan fingerprint density at radius 1 is 1.14 bits per heavy atom. The molecule has 0 heterocycles. The highest BCUT2D eigenvalue weighted by molar-refractivity contribution is 9.10. The van der Waals surface area contributed by atoms with E-state index in [4.69, 9.17) is 21.1 Å². The van der Waals surface area contributed by atoms with Crippen molar-refractivity contribution >= 4 is 45.0 Å². The molecule has 0 aliphatic heterocycles. The van der Waals surface area contributed by atoms with E-state index in [0.29, 0.717) is 44.4 Å². The Labute approximate surface area is 177 Å². The molecule has 2 aromatic carbocycles. The SMILES string of the molecule is CCOc1c(Br)cc(C(=O)Nc2cc(C(=O)NC(C)C)ccc2Cl)cc1OC. The Morgan fingerprint density at radius 2 is 1.86 bits per heavy atom. The van der Waals surface area contributed by atoms with Crippen LogP contribution >= 0.6 is 27.5 Å². The molecule has 0 aliphatic rings. The van der Waals surface area contributed by atoms with Crippen LogP contribution in [-0.4, -0.2) is 31.6 Å². The second-order valence-electron chi connectivity index (χ2n) is 6.20. The van der Waals surface area contributed by atoms with E-state index in [1.54, 1.807) is 30.3 Å². The molecular weight excluding hydrogens is 448 g/mol. The monoisotopic (exact) mass is 468 g/mol. The fourth-order valence-corrected chi connectivity index (χ4v) is 3.16. The number of hydrogen-bond donors (Lipinski definition) is 2. The van der Waals surface area contributed by atoms with Gasteiger partial charge in [-0.15, -0.1) is 0 Å². The van der Waals surface area contributed by atoms with E-state index in [2.05, 4.69) is 26.6 Å². The molecule has 2 aromatic rings. The average molecular weight is 470 g/mol. The van der Waals surface area contributed by atoms with Crippen molar-refractivity contribution in [2.75, 3.05) is 19.0 Å².